The number of hydrogen-bond donors (Lipinski definition) is 1. The van der Waals surface area contributed by atoms with Crippen molar-refractivity contribution >= 4 is 39.2 Å². The van der Waals surface area contributed by atoms with Crippen LogP contribution in [0.2, 0.25) is 0 Å². The lowest BCUT2D eigenvalue weighted by atomic mass is 10.2. The van der Waals surface area contributed by atoms with Crippen LogP contribution in [0.4, 0.5) is 0 Å². The van der Waals surface area contributed by atoms with E-state index in [0.717, 1.165) is 30.4 Å². The number of carbonyl (C=O) groups excluding carboxylic acids is 1. The minimum absolute atomic E-state index is 0.151. The van der Waals surface area contributed by atoms with Crippen LogP contribution in [0.5, 0.6) is 0 Å². The highest BCUT2D eigenvalue weighted by Gasteiger charge is 2.16. The van der Waals surface area contributed by atoms with Crippen LogP contribution in [0.25, 0.3) is 0 Å². The van der Waals surface area contributed by atoms with Crippen LogP contribution in [0.3, 0.4) is 0 Å². The Bertz CT molecular complexity index is 470. The third kappa shape index (κ3) is 4.01. The van der Waals surface area contributed by atoms with Crippen LogP contribution in [-0.4, -0.2) is 29.0 Å². The van der Waals surface area contributed by atoms with Gasteiger partial charge in [-0.15, -0.1) is 0 Å². The van der Waals surface area contributed by atoms with E-state index in [-0.39, 0.29) is 5.91 Å². The number of rotatable bonds is 1. The van der Waals surface area contributed by atoms with Crippen molar-refractivity contribution in [2.24, 2.45) is 0 Å². The van der Waals surface area contributed by atoms with E-state index in [9.17, 15) is 4.79 Å². The first-order valence-corrected chi connectivity index (χ1v) is 7.73. The van der Waals surface area contributed by atoms with Crippen LogP contribution < -0.4 is 5.32 Å². The fraction of sp³-hybridized carbons (Fsp3) is 0.429. The molecule has 1 aliphatic heterocycles. The predicted molar refractivity (Wildman–Crippen MR) is 84.2 cm³/mol. The second-order valence-corrected chi connectivity index (χ2v) is 5.88. The Balaban J connectivity index is 1.98. The van der Waals surface area contributed by atoms with Gasteiger partial charge in [0, 0.05) is 17.6 Å². The maximum absolute atomic E-state index is 12.1. The Labute approximate surface area is 127 Å². The summed E-state index contributed by atoms with van der Waals surface area (Å²) in [6.07, 6.45) is 4.78. The largest absolute Gasteiger partial charge is 0.349 e. The number of carbonyl (C=O) groups is 1. The lowest BCUT2D eigenvalue weighted by Gasteiger charge is -2.23. The van der Waals surface area contributed by atoms with Crippen molar-refractivity contribution < 1.29 is 4.79 Å². The van der Waals surface area contributed by atoms with Crippen molar-refractivity contribution in [1.29, 1.82) is 0 Å². The second kappa shape index (κ2) is 7.01. The number of benzene rings is 1. The van der Waals surface area contributed by atoms with E-state index in [1.54, 1.807) is 6.07 Å². The Hall–Kier alpha value is -0.940. The molecule has 0 bridgehead atoms. The van der Waals surface area contributed by atoms with E-state index in [2.05, 4.69) is 26.1 Å². The van der Waals surface area contributed by atoms with Crippen LogP contribution in [-0.2, 0) is 0 Å². The van der Waals surface area contributed by atoms with E-state index >= 15 is 0 Å². The summed E-state index contributed by atoms with van der Waals surface area (Å²) >= 11 is 8.71. The normalized spacial score (nSPS) is 15.7. The molecular formula is C14H17BrN2OS. The SMILES string of the molecule is O=C(NC(=S)N1CCCCCC1)c1ccccc1Br. The zero-order valence-corrected chi connectivity index (χ0v) is 13.1. The third-order valence-corrected chi connectivity index (χ3v) is 4.28. The van der Waals surface area contributed by atoms with Gasteiger partial charge in [-0.2, -0.15) is 0 Å². The van der Waals surface area contributed by atoms with Crippen molar-refractivity contribution in [3.8, 4) is 0 Å². The number of nitrogens with one attached hydrogen (secondary N) is 1. The van der Waals surface area contributed by atoms with E-state index in [1.807, 2.05) is 18.2 Å². The minimum Gasteiger partial charge on any atom is -0.349 e. The van der Waals surface area contributed by atoms with Gasteiger partial charge in [0.05, 0.1) is 5.56 Å². The molecule has 0 atom stereocenters. The third-order valence-electron chi connectivity index (χ3n) is 3.23. The topological polar surface area (TPSA) is 32.3 Å². The van der Waals surface area contributed by atoms with Crippen molar-refractivity contribution in [3.63, 3.8) is 0 Å². The quantitative estimate of drug-likeness (QED) is 0.795. The van der Waals surface area contributed by atoms with Crippen LogP contribution in [0.15, 0.2) is 28.7 Å². The van der Waals surface area contributed by atoms with Gasteiger partial charge in [0.25, 0.3) is 5.91 Å². The fourth-order valence-electron chi connectivity index (χ4n) is 2.16. The Kier molecular flexibility index (Phi) is 5.34. The fourth-order valence-corrected chi connectivity index (χ4v) is 2.90. The predicted octanol–water partition coefficient (Wildman–Crippen LogP) is 3.34. The first-order valence-electron chi connectivity index (χ1n) is 6.53. The number of likely N-dealkylation sites (tertiary alicyclic amines) is 1. The summed E-state index contributed by atoms with van der Waals surface area (Å²) in [7, 11) is 0. The molecule has 0 saturated carbocycles. The van der Waals surface area contributed by atoms with Gasteiger partial charge in [0.2, 0.25) is 0 Å². The summed E-state index contributed by atoms with van der Waals surface area (Å²) in [5.41, 5.74) is 0.611. The van der Waals surface area contributed by atoms with E-state index in [0.29, 0.717) is 10.7 Å². The molecule has 2 rings (SSSR count). The first kappa shape index (κ1) is 14.5. The lowest BCUT2D eigenvalue weighted by Crippen LogP contribution is -2.43. The molecule has 0 aromatic heterocycles. The molecule has 1 aliphatic rings. The summed E-state index contributed by atoms with van der Waals surface area (Å²) in [5.74, 6) is -0.151. The highest BCUT2D eigenvalue weighted by molar-refractivity contribution is 9.10. The average Bonchev–Trinajstić information content (AvgIpc) is 2.68. The summed E-state index contributed by atoms with van der Waals surface area (Å²) < 4.78 is 0.783. The average molecular weight is 341 g/mol. The summed E-state index contributed by atoms with van der Waals surface area (Å²) in [4.78, 5) is 14.2. The number of hydrogen-bond acceptors (Lipinski definition) is 2. The molecule has 0 unspecified atom stereocenters. The van der Waals surface area contributed by atoms with Crippen LogP contribution >= 0.6 is 28.1 Å². The number of halogens is 1. The molecule has 1 saturated heterocycles. The van der Waals surface area contributed by atoms with Gasteiger partial charge in [-0.05, 0) is 53.1 Å². The van der Waals surface area contributed by atoms with E-state index in [4.69, 9.17) is 12.2 Å². The standard InChI is InChI=1S/C14H17BrN2OS/c15-12-8-4-3-7-11(12)13(18)16-14(19)17-9-5-1-2-6-10-17/h3-4,7-8H,1-2,5-6,9-10H2,(H,16,18,19). The lowest BCUT2D eigenvalue weighted by molar-refractivity contribution is 0.0972. The summed E-state index contributed by atoms with van der Waals surface area (Å²) in [6, 6.07) is 7.36. The van der Waals surface area contributed by atoms with Crippen molar-refractivity contribution in [3.05, 3.63) is 34.3 Å². The van der Waals surface area contributed by atoms with Gasteiger partial charge in [0.1, 0.15) is 0 Å². The van der Waals surface area contributed by atoms with Crippen molar-refractivity contribution in [1.82, 2.24) is 10.2 Å². The number of nitrogens with zero attached hydrogens (tertiary/aromatic N) is 1. The smallest absolute Gasteiger partial charge is 0.258 e. The molecule has 3 nitrogen and oxygen atoms in total. The molecule has 5 heteroatoms. The first-order chi connectivity index (χ1) is 9.18. The second-order valence-electron chi connectivity index (χ2n) is 4.64. The van der Waals surface area contributed by atoms with Gasteiger partial charge in [-0.25, -0.2) is 0 Å². The van der Waals surface area contributed by atoms with Crippen LogP contribution in [0.1, 0.15) is 36.0 Å². The van der Waals surface area contributed by atoms with Gasteiger partial charge in [-0.3, -0.25) is 10.1 Å². The van der Waals surface area contributed by atoms with E-state index in [1.165, 1.54) is 12.8 Å². The molecule has 1 N–H and O–H groups in total. The summed E-state index contributed by atoms with van der Waals surface area (Å²) in [5, 5.41) is 3.37. The maximum atomic E-state index is 12.1. The van der Waals surface area contributed by atoms with Crippen LogP contribution in [0, 0.1) is 0 Å². The van der Waals surface area contributed by atoms with Gasteiger partial charge in [-0.1, -0.05) is 25.0 Å². The highest BCUT2D eigenvalue weighted by atomic mass is 79.9. The molecule has 1 aromatic rings. The monoisotopic (exact) mass is 340 g/mol. The van der Waals surface area contributed by atoms with Gasteiger partial charge >= 0.3 is 0 Å². The molecule has 1 heterocycles. The number of thiocarbonyl (C=S) groups is 1. The van der Waals surface area contributed by atoms with E-state index < -0.39 is 0 Å². The molecule has 0 aliphatic carbocycles. The maximum Gasteiger partial charge on any atom is 0.258 e. The van der Waals surface area contributed by atoms with Crippen molar-refractivity contribution in [2.45, 2.75) is 25.7 Å². The molecule has 102 valence electrons. The molecule has 0 radical (unpaired) electrons. The van der Waals surface area contributed by atoms with Crippen molar-refractivity contribution in [2.75, 3.05) is 13.1 Å². The molecular weight excluding hydrogens is 324 g/mol. The Morgan fingerprint density at radius 2 is 1.79 bits per heavy atom. The Morgan fingerprint density at radius 3 is 2.42 bits per heavy atom. The zero-order valence-electron chi connectivity index (χ0n) is 10.7. The molecule has 0 spiro atoms. The molecule has 1 fully saturated rings. The molecule has 1 aromatic carbocycles. The zero-order chi connectivity index (χ0) is 13.7. The minimum atomic E-state index is -0.151. The molecule has 1 amide bonds. The number of amides is 1. The van der Waals surface area contributed by atoms with Gasteiger partial charge in [0.15, 0.2) is 5.11 Å². The van der Waals surface area contributed by atoms with Gasteiger partial charge < -0.3 is 4.90 Å². The summed E-state index contributed by atoms with van der Waals surface area (Å²) in [6.45, 7) is 1.88. The molecule has 19 heavy (non-hydrogen) atoms. The highest BCUT2D eigenvalue weighted by Crippen LogP contribution is 2.16. The Morgan fingerprint density at radius 1 is 1.16 bits per heavy atom.